The molecule has 7 heteroatoms. The Morgan fingerprint density at radius 3 is 1.00 bits per heavy atom. The van der Waals surface area contributed by atoms with Crippen LogP contribution in [0.1, 0.15) is 0 Å². The molecule has 0 aliphatic rings. The number of aliphatic hydroxyl groups excluding tert-OH is 1. The second-order valence-electron chi connectivity index (χ2n) is 0.378. The van der Waals surface area contributed by atoms with Gasteiger partial charge in [-0.2, -0.15) is 0 Å². The van der Waals surface area contributed by atoms with Crippen molar-refractivity contribution in [2.75, 3.05) is 7.11 Å². The van der Waals surface area contributed by atoms with Crippen LogP contribution in [0.4, 0.5) is 0 Å². The SMILES string of the molecule is CO.[Na+].[O-][I+3]([O-])([O-])[O-]. The number of aliphatic hydroxyl groups is 1. The van der Waals surface area contributed by atoms with Gasteiger partial charge in [0.2, 0.25) is 0 Å². The quantitative estimate of drug-likeness (QED) is 0.337. The minimum absolute atomic E-state index is 0. The summed E-state index contributed by atoms with van der Waals surface area (Å²) in [6, 6.07) is 0. The molecule has 0 unspecified atom stereocenters. The first-order valence-corrected chi connectivity index (χ1v) is 4.59. The van der Waals surface area contributed by atoms with E-state index in [1.54, 1.807) is 0 Å². The molecule has 0 radical (unpaired) electrons. The maximum atomic E-state index is 8.62. The molecule has 0 heterocycles. The van der Waals surface area contributed by atoms with Gasteiger partial charge in [-0.3, -0.25) is 13.7 Å². The van der Waals surface area contributed by atoms with Gasteiger partial charge in [-0.25, -0.2) is 0 Å². The number of hydrogen-bond acceptors (Lipinski definition) is 5. The van der Waals surface area contributed by atoms with Crippen molar-refractivity contribution < 1.29 is 68.5 Å². The molecule has 0 aromatic heterocycles. The summed E-state index contributed by atoms with van der Waals surface area (Å²) in [6.45, 7) is 0. The fourth-order valence-electron chi connectivity index (χ4n) is 0. The molecule has 0 rings (SSSR count). The van der Waals surface area contributed by atoms with Crippen LogP contribution in [-0.4, -0.2) is 12.2 Å². The van der Waals surface area contributed by atoms with Crippen LogP contribution in [0.2, 0.25) is 0 Å². The van der Waals surface area contributed by atoms with Crippen LogP contribution in [0.5, 0.6) is 0 Å². The van der Waals surface area contributed by atoms with Crippen molar-refractivity contribution in [2.24, 2.45) is 0 Å². The second-order valence-corrected chi connectivity index (χ2v) is 2.54. The maximum absolute atomic E-state index is 8.62. The molecule has 0 aliphatic carbocycles. The fraction of sp³-hybridized carbons (Fsp3) is 1.00. The van der Waals surface area contributed by atoms with E-state index in [9.17, 15) is 0 Å². The van der Waals surface area contributed by atoms with Gasteiger partial charge in [0.25, 0.3) is 0 Å². The summed E-state index contributed by atoms with van der Waals surface area (Å²) in [6.07, 6.45) is 0. The van der Waals surface area contributed by atoms with E-state index in [2.05, 4.69) is 0 Å². The van der Waals surface area contributed by atoms with Gasteiger partial charge in [-0.15, -0.1) is 0 Å². The molecule has 0 aromatic rings. The van der Waals surface area contributed by atoms with Gasteiger partial charge >= 0.3 is 29.6 Å². The Hall–Kier alpha value is 1.53. The first-order valence-electron chi connectivity index (χ1n) is 1.06. The Morgan fingerprint density at radius 2 is 1.00 bits per heavy atom. The Labute approximate surface area is 75.0 Å². The van der Waals surface area contributed by atoms with Crippen LogP contribution >= 0.6 is 0 Å². The molecule has 0 atom stereocenters. The number of rotatable bonds is 0. The summed E-state index contributed by atoms with van der Waals surface area (Å²) >= 11 is -5.94. The summed E-state index contributed by atoms with van der Waals surface area (Å²) in [7, 11) is 1.00. The van der Waals surface area contributed by atoms with Crippen molar-refractivity contribution in [3.63, 3.8) is 0 Å². The molecule has 0 fully saturated rings. The second kappa shape index (κ2) is 8.53. The first-order chi connectivity index (χ1) is 3.00. The van der Waals surface area contributed by atoms with Crippen molar-refractivity contribution in [3.05, 3.63) is 0 Å². The Morgan fingerprint density at radius 1 is 1.00 bits per heavy atom. The van der Waals surface area contributed by atoms with Gasteiger partial charge in [0.05, 0.1) is 0 Å². The number of hydrogen-bond donors (Lipinski definition) is 1. The third-order valence-corrected chi connectivity index (χ3v) is 0. The molecule has 0 bridgehead atoms. The monoisotopic (exact) mass is 246 g/mol. The average molecular weight is 246 g/mol. The van der Waals surface area contributed by atoms with Crippen molar-refractivity contribution in [2.45, 2.75) is 0 Å². The van der Waals surface area contributed by atoms with Crippen LogP contribution in [-0.2, 0) is 0 Å². The van der Waals surface area contributed by atoms with E-state index < -0.39 is 20.1 Å². The zero-order valence-corrected chi connectivity index (χ0v) is 8.62. The van der Waals surface area contributed by atoms with Gasteiger partial charge in [0, 0.05) is 7.11 Å². The van der Waals surface area contributed by atoms with E-state index in [4.69, 9.17) is 18.9 Å². The van der Waals surface area contributed by atoms with Gasteiger partial charge in [0.1, 0.15) is 20.1 Å². The zero-order valence-electron chi connectivity index (χ0n) is 4.46. The standard InChI is InChI=1S/CH4O.IO4.Na/c1-2;2-1(3,4)5;/h2H,1H3;;/q;-1;+1. The van der Waals surface area contributed by atoms with Crippen LogP contribution in [0.3, 0.4) is 0 Å². The molecule has 8 heavy (non-hydrogen) atoms. The summed E-state index contributed by atoms with van der Waals surface area (Å²) in [5, 5.41) is 7.00. The largest absolute Gasteiger partial charge is 1.00 e. The molecule has 0 aromatic carbocycles. The van der Waals surface area contributed by atoms with Crippen LogP contribution in [0, 0.1) is 0 Å². The molecule has 0 aliphatic heterocycles. The van der Waals surface area contributed by atoms with E-state index in [0.717, 1.165) is 7.11 Å². The molecule has 5 nitrogen and oxygen atoms in total. The Balaban J connectivity index is -0.0000000750. The minimum Gasteiger partial charge on any atom is -0.400 e. The fourth-order valence-corrected chi connectivity index (χ4v) is 0. The third-order valence-electron chi connectivity index (χ3n) is 0. The average Bonchev–Trinajstić information content (AvgIpc) is 1.36. The summed E-state index contributed by atoms with van der Waals surface area (Å²) in [5.41, 5.74) is 0. The Bertz CT molecular complexity index is 27.9. The van der Waals surface area contributed by atoms with E-state index in [1.807, 2.05) is 0 Å². The summed E-state index contributed by atoms with van der Waals surface area (Å²) in [5.74, 6) is 0. The first kappa shape index (κ1) is 16.3. The van der Waals surface area contributed by atoms with Crippen LogP contribution < -0.4 is 63.4 Å². The molecular weight excluding hydrogens is 242 g/mol. The Kier molecular flexibility index (Phi) is 17.3. The molecule has 46 valence electrons. The van der Waals surface area contributed by atoms with Gasteiger partial charge in [-0.05, 0) is 0 Å². The predicted molar refractivity (Wildman–Crippen MR) is 8.14 cm³/mol. The molecule has 1 N–H and O–H groups in total. The van der Waals surface area contributed by atoms with Crippen molar-refractivity contribution in [1.29, 1.82) is 0 Å². The summed E-state index contributed by atoms with van der Waals surface area (Å²) < 4.78 is 34.5. The normalized spacial score (nSPS) is 8.25. The molecule has 0 spiro atoms. The van der Waals surface area contributed by atoms with Crippen molar-refractivity contribution in [3.8, 4) is 0 Å². The molecule has 0 saturated heterocycles. The van der Waals surface area contributed by atoms with Crippen LogP contribution in [0.15, 0.2) is 0 Å². The van der Waals surface area contributed by atoms with Crippen LogP contribution in [0.25, 0.3) is 0 Å². The smallest absolute Gasteiger partial charge is 0.400 e. The van der Waals surface area contributed by atoms with Gasteiger partial charge in [0.15, 0.2) is 0 Å². The summed E-state index contributed by atoms with van der Waals surface area (Å²) in [4.78, 5) is 0. The van der Waals surface area contributed by atoms with Crippen molar-refractivity contribution >= 4 is 0 Å². The molecule has 0 saturated carbocycles. The molecule has 0 amide bonds. The minimum atomic E-state index is -5.94. The number of halogens is 1. The predicted octanol–water partition coefficient (Wildman–Crippen LogP) is -11.1. The van der Waals surface area contributed by atoms with Crippen molar-refractivity contribution in [1.82, 2.24) is 0 Å². The molecular formula is CH4INaO5. The maximum Gasteiger partial charge on any atom is 1.00 e. The zero-order chi connectivity index (χ0) is 6.50. The van der Waals surface area contributed by atoms with Gasteiger partial charge < -0.3 is 5.11 Å². The topological polar surface area (TPSA) is 112 Å². The van der Waals surface area contributed by atoms with E-state index in [0.29, 0.717) is 0 Å². The van der Waals surface area contributed by atoms with E-state index in [1.165, 1.54) is 0 Å². The van der Waals surface area contributed by atoms with E-state index in [-0.39, 0.29) is 29.6 Å². The van der Waals surface area contributed by atoms with E-state index >= 15 is 0 Å². The third kappa shape index (κ3) is 137. The van der Waals surface area contributed by atoms with Gasteiger partial charge in [-0.1, -0.05) is 0 Å².